The molecular weight excluding hydrogens is 156 g/mol. The molecule has 1 heterocycles. The number of hydrogen-bond acceptors (Lipinski definition) is 2. The van der Waals surface area contributed by atoms with Crippen LogP contribution in [0.3, 0.4) is 0 Å². The molecule has 0 N–H and O–H groups in total. The van der Waals surface area contributed by atoms with Crippen LogP contribution in [0.1, 0.15) is 31.3 Å². The smallest absolute Gasteiger partial charge is 0.0729 e. The van der Waals surface area contributed by atoms with Gasteiger partial charge in [0.05, 0.1) is 5.69 Å². The summed E-state index contributed by atoms with van der Waals surface area (Å²) in [6, 6.07) is 0.426. The molecule has 0 radical (unpaired) electrons. The molecule has 1 aromatic heterocycles. The number of nitrogens with zero attached hydrogens (tertiary/aromatic N) is 2. The molecule has 0 spiro atoms. The Morgan fingerprint density at radius 1 is 1.36 bits per heavy atom. The molecule has 0 aliphatic rings. The van der Waals surface area contributed by atoms with Gasteiger partial charge in [-0.05, 0) is 27.7 Å². The fourth-order valence-corrected chi connectivity index (χ4v) is 1.30. The minimum Gasteiger partial charge on any atom is -0.266 e. The highest BCUT2D eigenvalue weighted by molar-refractivity contribution is 7.80. The van der Waals surface area contributed by atoms with Gasteiger partial charge in [-0.3, -0.25) is 4.68 Å². The van der Waals surface area contributed by atoms with Gasteiger partial charge in [0.15, 0.2) is 0 Å². The fraction of sp³-hybridized carbons (Fsp3) is 0.625. The van der Waals surface area contributed by atoms with E-state index in [4.69, 9.17) is 0 Å². The van der Waals surface area contributed by atoms with Crippen LogP contribution >= 0.6 is 12.6 Å². The predicted octanol–water partition coefficient (Wildman–Crippen LogP) is 2.37. The van der Waals surface area contributed by atoms with Gasteiger partial charge < -0.3 is 0 Å². The third-order valence-corrected chi connectivity index (χ3v) is 2.42. The van der Waals surface area contributed by atoms with Gasteiger partial charge in [-0.15, -0.1) is 12.6 Å². The van der Waals surface area contributed by atoms with Crippen molar-refractivity contribution in [3.63, 3.8) is 0 Å². The molecule has 11 heavy (non-hydrogen) atoms. The van der Waals surface area contributed by atoms with E-state index in [-0.39, 0.29) is 0 Å². The summed E-state index contributed by atoms with van der Waals surface area (Å²) >= 11 is 4.34. The first kappa shape index (κ1) is 8.65. The lowest BCUT2D eigenvalue weighted by atomic mass is 10.3. The quantitative estimate of drug-likeness (QED) is 0.641. The van der Waals surface area contributed by atoms with Gasteiger partial charge in [-0.2, -0.15) is 5.10 Å². The van der Waals surface area contributed by atoms with E-state index < -0.39 is 0 Å². The van der Waals surface area contributed by atoms with Gasteiger partial charge >= 0.3 is 0 Å². The highest BCUT2D eigenvalue weighted by Crippen LogP contribution is 2.19. The van der Waals surface area contributed by atoms with Crippen LogP contribution < -0.4 is 0 Å². The minimum atomic E-state index is 0.426. The molecule has 2 nitrogen and oxygen atoms in total. The highest BCUT2D eigenvalue weighted by atomic mass is 32.1. The topological polar surface area (TPSA) is 17.8 Å². The van der Waals surface area contributed by atoms with E-state index in [0.717, 1.165) is 16.3 Å². The molecule has 0 aliphatic heterocycles. The summed E-state index contributed by atoms with van der Waals surface area (Å²) in [5.41, 5.74) is 2.17. The fourth-order valence-electron chi connectivity index (χ4n) is 1.16. The lowest BCUT2D eigenvalue weighted by Gasteiger charge is -2.07. The van der Waals surface area contributed by atoms with Crippen molar-refractivity contribution in [3.8, 4) is 0 Å². The summed E-state index contributed by atoms with van der Waals surface area (Å²) in [5.74, 6) is 0. The van der Waals surface area contributed by atoms with Gasteiger partial charge in [0, 0.05) is 16.6 Å². The largest absolute Gasteiger partial charge is 0.266 e. The molecule has 3 heteroatoms. The monoisotopic (exact) mass is 170 g/mol. The first-order chi connectivity index (χ1) is 5.04. The van der Waals surface area contributed by atoms with Crippen LogP contribution in [0.2, 0.25) is 0 Å². The Morgan fingerprint density at radius 3 is 2.09 bits per heavy atom. The van der Waals surface area contributed by atoms with Crippen molar-refractivity contribution in [3.05, 3.63) is 11.4 Å². The van der Waals surface area contributed by atoms with Gasteiger partial charge in [0.2, 0.25) is 0 Å². The molecule has 0 amide bonds. The van der Waals surface area contributed by atoms with Crippen LogP contribution in [0.25, 0.3) is 0 Å². The zero-order valence-electron chi connectivity index (χ0n) is 7.42. The third kappa shape index (κ3) is 1.43. The van der Waals surface area contributed by atoms with Crippen LogP contribution in [-0.4, -0.2) is 9.78 Å². The molecule has 0 atom stereocenters. The average Bonchev–Trinajstić information content (AvgIpc) is 2.17. The van der Waals surface area contributed by atoms with Crippen LogP contribution in [0.15, 0.2) is 4.90 Å². The number of thiol groups is 1. The number of rotatable bonds is 1. The van der Waals surface area contributed by atoms with Crippen molar-refractivity contribution in [2.45, 2.75) is 38.6 Å². The maximum atomic E-state index is 4.35. The number of hydrogen-bond donors (Lipinski definition) is 1. The van der Waals surface area contributed by atoms with Crippen LogP contribution in [0.4, 0.5) is 0 Å². The van der Waals surface area contributed by atoms with E-state index in [1.807, 2.05) is 18.5 Å². The Balaban J connectivity index is 3.19. The van der Waals surface area contributed by atoms with Crippen molar-refractivity contribution in [1.29, 1.82) is 0 Å². The zero-order chi connectivity index (χ0) is 8.59. The second kappa shape index (κ2) is 2.89. The van der Waals surface area contributed by atoms with E-state index in [2.05, 4.69) is 31.6 Å². The van der Waals surface area contributed by atoms with Crippen LogP contribution in [-0.2, 0) is 0 Å². The van der Waals surface area contributed by atoms with Gasteiger partial charge in [0.25, 0.3) is 0 Å². The molecule has 0 aromatic carbocycles. The lowest BCUT2D eigenvalue weighted by Crippen LogP contribution is -2.04. The van der Waals surface area contributed by atoms with Gasteiger partial charge in [-0.25, -0.2) is 0 Å². The molecule has 0 fully saturated rings. The molecule has 0 aliphatic carbocycles. The summed E-state index contributed by atoms with van der Waals surface area (Å²) in [5, 5.41) is 4.35. The molecule has 0 saturated carbocycles. The zero-order valence-corrected chi connectivity index (χ0v) is 8.31. The number of aryl methyl sites for hydroxylation is 1. The summed E-state index contributed by atoms with van der Waals surface area (Å²) in [6.07, 6.45) is 0. The predicted molar refractivity (Wildman–Crippen MR) is 49.3 cm³/mol. The Labute approximate surface area is 73.0 Å². The SMILES string of the molecule is Cc1nn(C(C)C)c(C)c1S. The normalized spacial score (nSPS) is 11.1. The van der Waals surface area contributed by atoms with E-state index in [0.29, 0.717) is 6.04 Å². The summed E-state index contributed by atoms with van der Waals surface area (Å²) in [6.45, 7) is 8.26. The maximum absolute atomic E-state index is 4.35. The van der Waals surface area contributed by atoms with E-state index in [9.17, 15) is 0 Å². The highest BCUT2D eigenvalue weighted by Gasteiger charge is 2.09. The second-order valence-electron chi connectivity index (χ2n) is 3.06. The van der Waals surface area contributed by atoms with Crippen LogP contribution in [0.5, 0.6) is 0 Å². The minimum absolute atomic E-state index is 0.426. The summed E-state index contributed by atoms with van der Waals surface area (Å²) < 4.78 is 2.00. The molecule has 1 rings (SSSR count). The molecule has 1 aromatic rings. The van der Waals surface area contributed by atoms with Gasteiger partial charge in [0.1, 0.15) is 0 Å². The average molecular weight is 170 g/mol. The van der Waals surface area contributed by atoms with Crippen molar-refractivity contribution >= 4 is 12.6 Å². The van der Waals surface area contributed by atoms with Crippen molar-refractivity contribution in [2.24, 2.45) is 0 Å². The second-order valence-corrected chi connectivity index (χ2v) is 3.50. The van der Waals surface area contributed by atoms with Crippen molar-refractivity contribution in [2.75, 3.05) is 0 Å². The number of aromatic nitrogens is 2. The van der Waals surface area contributed by atoms with Crippen molar-refractivity contribution in [1.82, 2.24) is 9.78 Å². The molecule has 62 valence electrons. The summed E-state index contributed by atoms with van der Waals surface area (Å²) in [7, 11) is 0. The first-order valence-corrected chi connectivity index (χ1v) is 4.23. The van der Waals surface area contributed by atoms with Crippen LogP contribution in [0, 0.1) is 13.8 Å². The Bertz CT molecular complexity index is 263. The standard InChI is InChI=1S/C8H14N2S/c1-5(2)10-7(4)8(11)6(3)9-10/h5,11H,1-4H3. The summed E-state index contributed by atoms with van der Waals surface area (Å²) in [4.78, 5) is 1.01. The van der Waals surface area contributed by atoms with E-state index in [1.54, 1.807) is 0 Å². The van der Waals surface area contributed by atoms with E-state index in [1.165, 1.54) is 0 Å². The molecule has 0 saturated heterocycles. The molecular formula is C8H14N2S. The Hall–Kier alpha value is -0.440. The van der Waals surface area contributed by atoms with E-state index >= 15 is 0 Å². The van der Waals surface area contributed by atoms with Gasteiger partial charge in [-0.1, -0.05) is 0 Å². The third-order valence-electron chi connectivity index (χ3n) is 1.78. The molecule has 0 bridgehead atoms. The lowest BCUT2D eigenvalue weighted by molar-refractivity contribution is 0.515. The Morgan fingerprint density at radius 2 is 1.91 bits per heavy atom. The molecule has 0 unspecified atom stereocenters. The van der Waals surface area contributed by atoms with Crippen molar-refractivity contribution < 1.29 is 0 Å². The maximum Gasteiger partial charge on any atom is 0.0729 e. The Kier molecular flexibility index (Phi) is 2.28. The first-order valence-electron chi connectivity index (χ1n) is 3.78.